The Balaban J connectivity index is 1.52. The van der Waals surface area contributed by atoms with Gasteiger partial charge in [0.2, 0.25) is 5.91 Å². The molecule has 0 N–H and O–H groups in total. The van der Waals surface area contributed by atoms with Crippen LogP contribution >= 0.6 is 0 Å². The summed E-state index contributed by atoms with van der Waals surface area (Å²) in [5.41, 5.74) is 0.456. The van der Waals surface area contributed by atoms with Crippen molar-refractivity contribution in [3.8, 4) is 0 Å². The summed E-state index contributed by atoms with van der Waals surface area (Å²) in [6.45, 7) is 2.77. The van der Waals surface area contributed by atoms with E-state index in [4.69, 9.17) is 14.0 Å². The van der Waals surface area contributed by atoms with Gasteiger partial charge in [0.1, 0.15) is 25.1 Å². The highest BCUT2D eigenvalue weighted by Gasteiger charge is 2.27. The van der Waals surface area contributed by atoms with E-state index in [0.29, 0.717) is 37.0 Å². The molecule has 0 saturated carbocycles. The first-order valence-electron chi connectivity index (χ1n) is 7.64. The monoisotopic (exact) mass is 335 g/mol. The second kappa shape index (κ2) is 7.50. The van der Waals surface area contributed by atoms with Gasteiger partial charge in [0, 0.05) is 12.1 Å². The quantitative estimate of drug-likeness (QED) is 0.826. The van der Waals surface area contributed by atoms with Crippen molar-refractivity contribution in [1.29, 1.82) is 0 Å². The molecule has 0 aliphatic carbocycles. The molecule has 1 unspecified atom stereocenters. The van der Waals surface area contributed by atoms with Gasteiger partial charge in [0.25, 0.3) is 5.89 Å². The number of hydrogen-bond donors (Lipinski definition) is 0. The van der Waals surface area contributed by atoms with E-state index in [1.165, 1.54) is 6.07 Å². The maximum atomic E-state index is 13.9. The van der Waals surface area contributed by atoms with Crippen molar-refractivity contribution in [1.82, 2.24) is 15.0 Å². The number of aryl methyl sites for hydroxylation is 1. The largest absolute Gasteiger partial charge is 0.370 e. The maximum Gasteiger partial charge on any atom is 0.252 e. The topological polar surface area (TPSA) is 77.7 Å². The Morgan fingerprint density at radius 2 is 2.29 bits per heavy atom. The summed E-state index contributed by atoms with van der Waals surface area (Å²) in [4.78, 5) is 17.8. The van der Waals surface area contributed by atoms with Gasteiger partial charge in [-0.05, 0) is 13.0 Å². The number of nitrogens with zero attached hydrogens (tertiary/aromatic N) is 3. The van der Waals surface area contributed by atoms with Crippen LogP contribution < -0.4 is 0 Å². The van der Waals surface area contributed by atoms with Crippen LogP contribution in [0.15, 0.2) is 28.8 Å². The van der Waals surface area contributed by atoms with Gasteiger partial charge in [-0.2, -0.15) is 4.98 Å². The Hall–Kier alpha value is -2.32. The summed E-state index contributed by atoms with van der Waals surface area (Å²) in [6, 6.07) is 6.42. The number of amides is 1. The van der Waals surface area contributed by atoms with Crippen LogP contribution in [0.3, 0.4) is 0 Å². The summed E-state index contributed by atoms with van der Waals surface area (Å²) in [5.74, 6) is 0.322. The van der Waals surface area contributed by atoms with Crippen molar-refractivity contribution < 1.29 is 23.2 Å². The fraction of sp³-hybridized carbons (Fsp3) is 0.438. The van der Waals surface area contributed by atoms with E-state index in [1.54, 1.807) is 30.0 Å². The van der Waals surface area contributed by atoms with E-state index < -0.39 is 6.10 Å². The molecule has 1 amide bonds. The van der Waals surface area contributed by atoms with Crippen LogP contribution in [0.25, 0.3) is 0 Å². The number of benzene rings is 1. The molecule has 8 heteroatoms. The number of morpholine rings is 1. The maximum absolute atomic E-state index is 13.9. The van der Waals surface area contributed by atoms with E-state index >= 15 is 0 Å². The first-order valence-corrected chi connectivity index (χ1v) is 7.64. The Labute approximate surface area is 138 Å². The summed E-state index contributed by atoms with van der Waals surface area (Å²) in [6.07, 6.45) is -0.470. The first-order chi connectivity index (χ1) is 11.6. The van der Waals surface area contributed by atoms with Crippen LogP contribution in [0, 0.1) is 12.7 Å². The van der Waals surface area contributed by atoms with Crippen LogP contribution in [-0.2, 0) is 20.9 Å². The highest BCUT2D eigenvalue weighted by Crippen LogP contribution is 2.24. The third-order valence-electron chi connectivity index (χ3n) is 3.69. The lowest BCUT2D eigenvalue weighted by molar-refractivity contribution is -0.144. The number of halogens is 1. The van der Waals surface area contributed by atoms with Gasteiger partial charge in [-0.1, -0.05) is 23.4 Å². The number of carbonyl (C=O) groups is 1. The van der Waals surface area contributed by atoms with Crippen molar-refractivity contribution >= 4 is 5.91 Å². The molecule has 1 aromatic carbocycles. The van der Waals surface area contributed by atoms with Crippen LogP contribution in [0.2, 0.25) is 0 Å². The molecule has 1 fully saturated rings. The smallest absolute Gasteiger partial charge is 0.252 e. The second-order valence-corrected chi connectivity index (χ2v) is 5.45. The average Bonchev–Trinajstić information content (AvgIpc) is 3.00. The van der Waals surface area contributed by atoms with Crippen LogP contribution in [0.5, 0.6) is 0 Å². The predicted octanol–water partition coefficient (Wildman–Crippen LogP) is 1.63. The molecule has 0 spiro atoms. The molecule has 2 aromatic rings. The third-order valence-corrected chi connectivity index (χ3v) is 3.69. The van der Waals surface area contributed by atoms with Gasteiger partial charge in [0.05, 0.1) is 13.2 Å². The SMILES string of the molecule is Cc1noc(COCC(=O)N2CCOC(c3ccccc3F)C2)n1. The minimum atomic E-state index is -0.470. The summed E-state index contributed by atoms with van der Waals surface area (Å²) in [5, 5.41) is 3.64. The Kier molecular flexibility index (Phi) is 5.17. The molecular formula is C16H18FN3O4. The van der Waals surface area contributed by atoms with Crippen LogP contribution in [0.1, 0.15) is 23.4 Å². The Bertz CT molecular complexity index is 706. The highest BCUT2D eigenvalue weighted by molar-refractivity contribution is 5.77. The molecule has 24 heavy (non-hydrogen) atoms. The molecule has 7 nitrogen and oxygen atoms in total. The van der Waals surface area contributed by atoms with E-state index in [1.807, 2.05) is 0 Å². The molecule has 128 valence electrons. The van der Waals surface area contributed by atoms with Crippen LogP contribution in [0.4, 0.5) is 4.39 Å². The first kappa shape index (κ1) is 16.5. The van der Waals surface area contributed by atoms with Crippen molar-refractivity contribution in [2.75, 3.05) is 26.3 Å². The molecule has 2 heterocycles. The standard InChI is InChI=1S/C16H18FN3O4/c1-11-18-15(24-19-11)9-22-10-16(21)20-6-7-23-14(8-20)12-4-2-3-5-13(12)17/h2-5,14H,6-10H2,1H3. The number of ether oxygens (including phenoxy) is 2. The molecule has 1 aromatic heterocycles. The van der Waals surface area contributed by atoms with Gasteiger partial charge in [-0.25, -0.2) is 4.39 Å². The molecular weight excluding hydrogens is 317 g/mol. The Morgan fingerprint density at radius 3 is 3.04 bits per heavy atom. The molecule has 1 atom stereocenters. The number of rotatable bonds is 5. The molecule has 0 radical (unpaired) electrons. The summed E-state index contributed by atoms with van der Waals surface area (Å²) in [7, 11) is 0. The summed E-state index contributed by atoms with van der Waals surface area (Å²) < 4.78 is 29.7. The minimum absolute atomic E-state index is 0.0770. The fourth-order valence-corrected chi connectivity index (χ4v) is 2.52. The summed E-state index contributed by atoms with van der Waals surface area (Å²) >= 11 is 0. The second-order valence-electron chi connectivity index (χ2n) is 5.45. The minimum Gasteiger partial charge on any atom is -0.370 e. The normalized spacial score (nSPS) is 17.9. The molecule has 0 bridgehead atoms. The zero-order chi connectivity index (χ0) is 16.9. The fourth-order valence-electron chi connectivity index (χ4n) is 2.52. The third kappa shape index (κ3) is 3.95. The number of carbonyl (C=O) groups excluding carboxylic acids is 1. The lowest BCUT2D eigenvalue weighted by Crippen LogP contribution is -2.44. The predicted molar refractivity (Wildman–Crippen MR) is 80.4 cm³/mol. The van der Waals surface area contributed by atoms with E-state index in [0.717, 1.165) is 0 Å². The molecule has 1 aliphatic rings. The van der Waals surface area contributed by atoms with E-state index in [9.17, 15) is 9.18 Å². The molecule has 3 rings (SSSR count). The van der Waals surface area contributed by atoms with Crippen molar-refractivity contribution in [2.24, 2.45) is 0 Å². The van der Waals surface area contributed by atoms with Gasteiger partial charge in [0.15, 0.2) is 5.82 Å². The van der Waals surface area contributed by atoms with Gasteiger partial charge >= 0.3 is 0 Å². The highest BCUT2D eigenvalue weighted by atomic mass is 19.1. The van der Waals surface area contributed by atoms with Gasteiger partial charge < -0.3 is 18.9 Å². The molecule has 1 saturated heterocycles. The average molecular weight is 335 g/mol. The van der Waals surface area contributed by atoms with Crippen molar-refractivity contribution in [2.45, 2.75) is 19.6 Å². The van der Waals surface area contributed by atoms with Gasteiger partial charge in [-0.15, -0.1) is 0 Å². The lowest BCUT2D eigenvalue weighted by Gasteiger charge is -2.33. The Morgan fingerprint density at radius 1 is 1.46 bits per heavy atom. The number of hydrogen-bond acceptors (Lipinski definition) is 6. The van der Waals surface area contributed by atoms with Gasteiger partial charge in [-0.3, -0.25) is 4.79 Å². The van der Waals surface area contributed by atoms with E-state index in [-0.39, 0.29) is 24.9 Å². The van der Waals surface area contributed by atoms with Crippen molar-refractivity contribution in [3.05, 3.63) is 47.4 Å². The lowest BCUT2D eigenvalue weighted by atomic mass is 10.1. The zero-order valence-corrected chi connectivity index (χ0v) is 13.3. The zero-order valence-electron chi connectivity index (χ0n) is 13.3. The molecule has 1 aliphatic heterocycles. The van der Waals surface area contributed by atoms with Crippen molar-refractivity contribution in [3.63, 3.8) is 0 Å². The van der Waals surface area contributed by atoms with Crippen LogP contribution in [-0.4, -0.2) is 47.3 Å². The number of aromatic nitrogens is 2. The van der Waals surface area contributed by atoms with E-state index in [2.05, 4.69) is 10.1 Å².